The summed E-state index contributed by atoms with van der Waals surface area (Å²) in [5.41, 5.74) is 5.85. The molecular formula is C12H15ClN2O2S. The number of imide groups is 1. The van der Waals surface area contributed by atoms with Crippen molar-refractivity contribution in [2.75, 3.05) is 11.5 Å². The lowest BCUT2D eigenvalue weighted by Crippen LogP contribution is -2.32. The average Bonchev–Trinajstić information content (AvgIpc) is 2.28. The van der Waals surface area contributed by atoms with Gasteiger partial charge in [-0.2, -0.15) is 11.8 Å². The summed E-state index contributed by atoms with van der Waals surface area (Å²) in [4.78, 5) is 23.2. The van der Waals surface area contributed by atoms with Gasteiger partial charge in [-0.05, 0) is 19.1 Å². The molecule has 0 fully saturated rings. The second-order valence-electron chi connectivity index (χ2n) is 3.85. The van der Waals surface area contributed by atoms with Gasteiger partial charge in [0.1, 0.15) is 0 Å². The molecule has 1 unspecified atom stereocenters. The minimum Gasteiger partial charge on any atom is -0.327 e. The van der Waals surface area contributed by atoms with E-state index in [-0.39, 0.29) is 17.7 Å². The van der Waals surface area contributed by atoms with E-state index in [9.17, 15) is 9.59 Å². The first kappa shape index (κ1) is 15.0. The van der Waals surface area contributed by atoms with Crippen molar-refractivity contribution in [2.24, 2.45) is 5.73 Å². The van der Waals surface area contributed by atoms with Crippen molar-refractivity contribution in [1.29, 1.82) is 0 Å². The smallest absolute Gasteiger partial charge is 0.259 e. The van der Waals surface area contributed by atoms with Crippen LogP contribution in [0.5, 0.6) is 0 Å². The summed E-state index contributed by atoms with van der Waals surface area (Å²) < 4.78 is 0. The Morgan fingerprint density at radius 1 is 1.44 bits per heavy atom. The summed E-state index contributed by atoms with van der Waals surface area (Å²) in [6, 6.07) is 6.61. The minimum absolute atomic E-state index is 0.0297. The Labute approximate surface area is 115 Å². The summed E-state index contributed by atoms with van der Waals surface area (Å²) in [6.45, 7) is 1.86. The molecule has 0 saturated carbocycles. The number of carbonyl (C=O) groups is 2. The van der Waals surface area contributed by atoms with Gasteiger partial charge < -0.3 is 5.73 Å². The predicted octanol–water partition coefficient (Wildman–Crippen LogP) is 1.68. The summed E-state index contributed by atoms with van der Waals surface area (Å²) in [7, 11) is 0. The Morgan fingerprint density at radius 3 is 2.72 bits per heavy atom. The highest BCUT2D eigenvalue weighted by Crippen LogP contribution is 2.14. The Morgan fingerprint density at radius 2 is 2.11 bits per heavy atom. The van der Waals surface area contributed by atoms with E-state index < -0.39 is 5.91 Å². The number of thioether (sulfide) groups is 1. The van der Waals surface area contributed by atoms with Crippen LogP contribution < -0.4 is 11.1 Å². The molecule has 1 aromatic carbocycles. The fourth-order valence-electron chi connectivity index (χ4n) is 1.21. The molecule has 1 rings (SSSR count). The van der Waals surface area contributed by atoms with Crippen molar-refractivity contribution in [2.45, 2.75) is 13.0 Å². The third kappa shape index (κ3) is 5.08. The molecule has 2 amide bonds. The molecule has 0 aliphatic heterocycles. The highest BCUT2D eigenvalue weighted by atomic mass is 35.5. The number of hydrogen-bond donors (Lipinski definition) is 2. The summed E-state index contributed by atoms with van der Waals surface area (Å²) in [6.07, 6.45) is 0. The number of nitrogens with one attached hydrogen (secondary N) is 1. The Kier molecular flexibility index (Phi) is 6.18. The molecule has 0 radical (unpaired) electrons. The van der Waals surface area contributed by atoms with Crippen molar-refractivity contribution in [3.8, 4) is 0 Å². The van der Waals surface area contributed by atoms with Crippen LogP contribution in [0.3, 0.4) is 0 Å². The standard InChI is InChI=1S/C12H15ClN2O2S/c1-8(14)6-18-7-11(16)15-12(17)9-4-2-3-5-10(9)13/h2-5,8H,6-7,14H2,1H3,(H,15,16,17). The van der Waals surface area contributed by atoms with Crippen LogP contribution in [0.2, 0.25) is 5.02 Å². The van der Waals surface area contributed by atoms with E-state index >= 15 is 0 Å². The van der Waals surface area contributed by atoms with Crippen LogP contribution in [0.15, 0.2) is 24.3 Å². The van der Waals surface area contributed by atoms with Crippen LogP contribution in [0, 0.1) is 0 Å². The molecule has 0 heterocycles. The average molecular weight is 287 g/mol. The zero-order valence-electron chi connectivity index (χ0n) is 9.98. The zero-order valence-corrected chi connectivity index (χ0v) is 11.6. The third-order valence-electron chi connectivity index (χ3n) is 1.99. The number of nitrogens with two attached hydrogens (primary N) is 1. The van der Waals surface area contributed by atoms with E-state index in [4.69, 9.17) is 17.3 Å². The SMILES string of the molecule is CC(N)CSCC(=O)NC(=O)c1ccccc1Cl. The highest BCUT2D eigenvalue weighted by Gasteiger charge is 2.12. The van der Waals surface area contributed by atoms with Gasteiger partial charge in [-0.1, -0.05) is 23.7 Å². The molecule has 0 bridgehead atoms. The number of rotatable bonds is 5. The van der Waals surface area contributed by atoms with Crippen molar-refractivity contribution in [3.05, 3.63) is 34.9 Å². The van der Waals surface area contributed by atoms with E-state index in [1.54, 1.807) is 24.3 Å². The van der Waals surface area contributed by atoms with Gasteiger partial charge in [-0.15, -0.1) is 0 Å². The van der Waals surface area contributed by atoms with Crippen LogP contribution in [-0.2, 0) is 4.79 Å². The second kappa shape index (κ2) is 7.41. The van der Waals surface area contributed by atoms with Crippen molar-refractivity contribution in [3.63, 3.8) is 0 Å². The first-order valence-corrected chi connectivity index (χ1v) is 6.96. The van der Waals surface area contributed by atoms with E-state index in [1.165, 1.54) is 11.8 Å². The number of hydrogen-bond acceptors (Lipinski definition) is 4. The summed E-state index contributed by atoms with van der Waals surface area (Å²) in [5.74, 6) is 0.0587. The fraction of sp³-hybridized carbons (Fsp3) is 0.333. The molecule has 6 heteroatoms. The molecular weight excluding hydrogens is 272 g/mol. The Balaban J connectivity index is 2.45. The van der Waals surface area contributed by atoms with Crippen molar-refractivity contribution < 1.29 is 9.59 Å². The molecule has 98 valence electrons. The monoisotopic (exact) mass is 286 g/mol. The number of carbonyl (C=O) groups excluding carboxylic acids is 2. The minimum atomic E-state index is -0.480. The van der Waals surface area contributed by atoms with Crippen LogP contribution in [0.25, 0.3) is 0 Å². The molecule has 0 saturated heterocycles. The number of benzene rings is 1. The third-order valence-corrected chi connectivity index (χ3v) is 3.54. The normalized spacial score (nSPS) is 11.9. The van der Waals surface area contributed by atoms with E-state index in [0.717, 1.165) is 0 Å². The molecule has 1 aromatic rings. The molecule has 1 atom stereocenters. The number of halogens is 1. The first-order chi connectivity index (χ1) is 8.50. The van der Waals surface area contributed by atoms with E-state index in [0.29, 0.717) is 16.3 Å². The highest BCUT2D eigenvalue weighted by molar-refractivity contribution is 8.00. The second-order valence-corrected chi connectivity index (χ2v) is 5.29. The molecule has 4 nitrogen and oxygen atoms in total. The van der Waals surface area contributed by atoms with Gasteiger partial charge in [0.05, 0.1) is 16.3 Å². The van der Waals surface area contributed by atoms with Gasteiger partial charge in [0.25, 0.3) is 5.91 Å². The topological polar surface area (TPSA) is 72.2 Å². The lowest BCUT2D eigenvalue weighted by Gasteiger charge is -2.06. The lowest BCUT2D eigenvalue weighted by molar-refractivity contribution is -0.117. The van der Waals surface area contributed by atoms with Gasteiger partial charge in [0.15, 0.2) is 0 Å². The Hall–Kier alpha value is -1.04. The molecule has 18 heavy (non-hydrogen) atoms. The maximum atomic E-state index is 11.7. The largest absolute Gasteiger partial charge is 0.327 e. The zero-order chi connectivity index (χ0) is 13.5. The van der Waals surface area contributed by atoms with E-state index in [2.05, 4.69) is 5.32 Å². The maximum Gasteiger partial charge on any atom is 0.259 e. The molecule has 3 N–H and O–H groups in total. The van der Waals surface area contributed by atoms with Crippen LogP contribution in [-0.4, -0.2) is 29.4 Å². The molecule has 0 aromatic heterocycles. The van der Waals surface area contributed by atoms with E-state index in [1.807, 2.05) is 6.92 Å². The quantitative estimate of drug-likeness (QED) is 0.864. The molecule has 0 aliphatic carbocycles. The van der Waals surface area contributed by atoms with Gasteiger partial charge in [0.2, 0.25) is 5.91 Å². The predicted molar refractivity (Wildman–Crippen MR) is 74.9 cm³/mol. The number of amides is 2. The Bertz CT molecular complexity index is 438. The first-order valence-electron chi connectivity index (χ1n) is 5.42. The van der Waals surface area contributed by atoms with Gasteiger partial charge in [-0.3, -0.25) is 14.9 Å². The maximum absolute atomic E-state index is 11.7. The summed E-state index contributed by atoms with van der Waals surface area (Å²) >= 11 is 7.24. The molecule has 0 spiro atoms. The molecule has 0 aliphatic rings. The van der Waals surface area contributed by atoms with Gasteiger partial charge >= 0.3 is 0 Å². The van der Waals surface area contributed by atoms with Crippen LogP contribution in [0.4, 0.5) is 0 Å². The van der Waals surface area contributed by atoms with Gasteiger partial charge in [-0.25, -0.2) is 0 Å². The van der Waals surface area contributed by atoms with Crippen molar-refractivity contribution >= 4 is 35.2 Å². The van der Waals surface area contributed by atoms with Crippen molar-refractivity contribution in [1.82, 2.24) is 5.32 Å². The summed E-state index contributed by atoms with van der Waals surface area (Å²) in [5, 5.41) is 2.61. The van der Waals surface area contributed by atoms with Gasteiger partial charge in [0, 0.05) is 11.8 Å². The van der Waals surface area contributed by atoms with Crippen LogP contribution >= 0.6 is 23.4 Å². The fourth-order valence-corrected chi connectivity index (χ4v) is 2.18. The van der Waals surface area contributed by atoms with Crippen LogP contribution in [0.1, 0.15) is 17.3 Å². The lowest BCUT2D eigenvalue weighted by atomic mass is 10.2.